The van der Waals surface area contributed by atoms with Crippen LogP contribution < -0.4 is 5.32 Å². The van der Waals surface area contributed by atoms with E-state index in [1.54, 1.807) is 0 Å². The van der Waals surface area contributed by atoms with E-state index in [1.807, 2.05) is 0 Å². The van der Waals surface area contributed by atoms with Crippen molar-refractivity contribution in [3.05, 3.63) is 17.0 Å². The second-order valence-corrected chi connectivity index (χ2v) is 7.83. The molecule has 1 amide bonds. The summed E-state index contributed by atoms with van der Waals surface area (Å²) >= 11 is 0. The molecule has 2 rings (SSSR count). The maximum atomic E-state index is 12.4. The number of aromatic nitrogens is 2. The van der Waals surface area contributed by atoms with Gasteiger partial charge in [0.05, 0.1) is 5.69 Å². The summed E-state index contributed by atoms with van der Waals surface area (Å²) in [6.45, 7) is 9.55. The molecule has 1 aliphatic rings. The van der Waals surface area contributed by atoms with E-state index >= 15 is 0 Å². The number of amides is 1. The molecule has 1 saturated carbocycles. The van der Waals surface area contributed by atoms with E-state index in [0.29, 0.717) is 18.4 Å². The van der Waals surface area contributed by atoms with Crippen molar-refractivity contribution in [3.63, 3.8) is 0 Å². The Kier molecular flexibility index (Phi) is 7.32. The van der Waals surface area contributed by atoms with Gasteiger partial charge in [0.25, 0.3) is 0 Å². The van der Waals surface area contributed by atoms with E-state index in [0.717, 1.165) is 31.5 Å². The second-order valence-electron chi connectivity index (χ2n) is 7.83. The molecule has 0 aromatic carbocycles. The minimum absolute atomic E-state index is 0.205. The number of rotatable bonds is 6. The summed E-state index contributed by atoms with van der Waals surface area (Å²) in [6, 6.07) is 0.392. The quantitative estimate of drug-likeness (QED) is 0.843. The lowest BCUT2D eigenvalue weighted by Gasteiger charge is -2.21. The lowest BCUT2D eigenvalue weighted by Crippen LogP contribution is -2.35. The van der Waals surface area contributed by atoms with Crippen LogP contribution in [0.25, 0.3) is 0 Å². The van der Waals surface area contributed by atoms with Crippen LogP contribution in [0.5, 0.6) is 0 Å². The van der Waals surface area contributed by atoms with Crippen molar-refractivity contribution in [2.24, 2.45) is 5.92 Å². The molecule has 1 fully saturated rings. The first kappa shape index (κ1) is 19.0. The van der Waals surface area contributed by atoms with Crippen LogP contribution in [-0.2, 0) is 17.8 Å². The zero-order chi connectivity index (χ0) is 17.5. The Hall–Kier alpha value is -1.32. The molecule has 0 atom stereocenters. The van der Waals surface area contributed by atoms with Gasteiger partial charge in [0.2, 0.25) is 5.91 Å². The third-order valence-corrected chi connectivity index (χ3v) is 5.14. The first-order valence-corrected chi connectivity index (χ1v) is 9.79. The Morgan fingerprint density at radius 2 is 1.79 bits per heavy atom. The second kappa shape index (κ2) is 9.24. The van der Waals surface area contributed by atoms with Crippen molar-refractivity contribution in [1.29, 1.82) is 0 Å². The molecule has 24 heavy (non-hydrogen) atoms. The molecular weight excluding hydrogens is 298 g/mol. The molecule has 4 heteroatoms. The van der Waals surface area contributed by atoms with Gasteiger partial charge in [-0.3, -0.25) is 9.48 Å². The topological polar surface area (TPSA) is 46.9 Å². The summed E-state index contributed by atoms with van der Waals surface area (Å²) in [4.78, 5) is 12.4. The first-order chi connectivity index (χ1) is 11.5. The maximum Gasteiger partial charge on any atom is 0.220 e. The summed E-state index contributed by atoms with van der Waals surface area (Å²) in [6.07, 6.45) is 10.2. The third kappa shape index (κ3) is 5.64. The summed E-state index contributed by atoms with van der Waals surface area (Å²) in [5.41, 5.74) is 3.55. The highest BCUT2D eigenvalue weighted by Crippen LogP contribution is 2.19. The van der Waals surface area contributed by atoms with Gasteiger partial charge in [0.1, 0.15) is 0 Å². The van der Waals surface area contributed by atoms with Crippen molar-refractivity contribution in [2.45, 2.75) is 98.1 Å². The summed E-state index contributed by atoms with van der Waals surface area (Å²) in [5.74, 6) is 0.787. The van der Waals surface area contributed by atoms with Crippen LogP contribution in [0, 0.1) is 19.8 Å². The van der Waals surface area contributed by atoms with Crippen molar-refractivity contribution < 1.29 is 4.79 Å². The van der Waals surface area contributed by atoms with Crippen LogP contribution >= 0.6 is 0 Å². The minimum Gasteiger partial charge on any atom is -0.353 e. The molecule has 1 aliphatic carbocycles. The summed E-state index contributed by atoms with van der Waals surface area (Å²) in [5, 5.41) is 7.92. The fourth-order valence-electron chi connectivity index (χ4n) is 3.76. The maximum absolute atomic E-state index is 12.4. The number of nitrogens with zero attached hydrogens (tertiary/aromatic N) is 2. The molecule has 1 N–H and O–H groups in total. The number of hydrogen-bond acceptors (Lipinski definition) is 2. The Balaban J connectivity index is 1.85. The standard InChI is InChI=1S/C20H35N3O/c1-15(2)14-23-17(4)19(16(3)22-23)12-13-20(24)21-18-10-8-6-5-7-9-11-18/h15,18H,5-14H2,1-4H3,(H,21,24). The Morgan fingerprint density at radius 1 is 1.17 bits per heavy atom. The number of nitrogens with one attached hydrogen (secondary N) is 1. The monoisotopic (exact) mass is 333 g/mol. The normalized spacial score (nSPS) is 16.9. The predicted octanol–water partition coefficient (Wildman–Crippen LogP) is 4.32. The zero-order valence-electron chi connectivity index (χ0n) is 16.0. The smallest absolute Gasteiger partial charge is 0.220 e. The molecule has 0 unspecified atom stereocenters. The Morgan fingerprint density at radius 3 is 2.42 bits per heavy atom. The van der Waals surface area contributed by atoms with Crippen LogP contribution in [-0.4, -0.2) is 21.7 Å². The van der Waals surface area contributed by atoms with Gasteiger partial charge in [-0.15, -0.1) is 0 Å². The van der Waals surface area contributed by atoms with Crippen molar-refractivity contribution >= 4 is 5.91 Å². The van der Waals surface area contributed by atoms with Crippen LogP contribution in [0.3, 0.4) is 0 Å². The van der Waals surface area contributed by atoms with E-state index in [1.165, 1.54) is 43.4 Å². The van der Waals surface area contributed by atoms with Gasteiger partial charge in [0.15, 0.2) is 0 Å². The van der Waals surface area contributed by atoms with E-state index in [-0.39, 0.29) is 5.91 Å². The van der Waals surface area contributed by atoms with Gasteiger partial charge in [-0.1, -0.05) is 46.0 Å². The largest absolute Gasteiger partial charge is 0.353 e. The number of carbonyl (C=O) groups is 1. The van der Waals surface area contributed by atoms with Gasteiger partial charge < -0.3 is 5.32 Å². The fraction of sp³-hybridized carbons (Fsp3) is 0.800. The molecule has 0 aliphatic heterocycles. The number of aryl methyl sites for hydroxylation is 1. The van der Waals surface area contributed by atoms with Crippen LogP contribution in [0.4, 0.5) is 0 Å². The van der Waals surface area contributed by atoms with Crippen LogP contribution in [0.2, 0.25) is 0 Å². The molecule has 1 aromatic heterocycles. The van der Waals surface area contributed by atoms with Gasteiger partial charge >= 0.3 is 0 Å². The van der Waals surface area contributed by atoms with E-state index in [2.05, 4.69) is 42.8 Å². The van der Waals surface area contributed by atoms with Crippen molar-refractivity contribution in [3.8, 4) is 0 Å². The summed E-state index contributed by atoms with van der Waals surface area (Å²) < 4.78 is 2.10. The lowest BCUT2D eigenvalue weighted by atomic mass is 9.96. The highest BCUT2D eigenvalue weighted by atomic mass is 16.1. The third-order valence-electron chi connectivity index (χ3n) is 5.14. The summed E-state index contributed by atoms with van der Waals surface area (Å²) in [7, 11) is 0. The SMILES string of the molecule is Cc1nn(CC(C)C)c(C)c1CCC(=O)NC1CCCCCCC1. The minimum atomic E-state index is 0.205. The van der Waals surface area contributed by atoms with E-state index in [4.69, 9.17) is 0 Å². The molecule has 0 spiro atoms. The Labute approximate surface area is 147 Å². The first-order valence-electron chi connectivity index (χ1n) is 9.79. The molecule has 4 nitrogen and oxygen atoms in total. The van der Waals surface area contributed by atoms with Crippen LogP contribution in [0.15, 0.2) is 0 Å². The highest BCUT2D eigenvalue weighted by molar-refractivity contribution is 5.76. The van der Waals surface area contributed by atoms with Gasteiger partial charge in [-0.25, -0.2) is 0 Å². The average molecular weight is 334 g/mol. The molecule has 0 radical (unpaired) electrons. The molecule has 1 aromatic rings. The molecule has 0 bridgehead atoms. The van der Waals surface area contributed by atoms with E-state index < -0.39 is 0 Å². The van der Waals surface area contributed by atoms with Crippen LogP contribution in [0.1, 0.15) is 82.2 Å². The molecule has 1 heterocycles. The fourth-order valence-corrected chi connectivity index (χ4v) is 3.76. The van der Waals surface area contributed by atoms with Gasteiger partial charge in [-0.05, 0) is 44.6 Å². The van der Waals surface area contributed by atoms with Crippen molar-refractivity contribution in [1.82, 2.24) is 15.1 Å². The molecular formula is C20H35N3O. The zero-order valence-corrected chi connectivity index (χ0v) is 16.0. The number of hydrogen-bond donors (Lipinski definition) is 1. The predicted molar refractivity (Wildman–Crippen MR) is 99.1 cm³/mol. The lowest BCUT2D eigenvalue weighted by molar-refractivity contribution is -0.121. The molecule has 136 valence electrons. The van der Waals surface area contributed by atoms with Gasteiger partial charge in [0, 0.05) is 24.7 Å². The van der Waals surface area contributed by atoms with E-state index in [9.17, 15) is 4.79 Å². The number of carbonyl (C=O) groups excluding carboxylic acids is 1. The Bertz CT molecular complexity index is 525. The van der Waals surface area contributed by atoms with Gasteiger partial charge in [-0.2, -0.15) is 5.10 Å². The average Bonchev–Trinajstić information content (AvgIpc) is 2.73. The molecule has 0 saturated heterocycles. The van der Waals surface area contributed by atoms with Crippen molar-refractivity contribution in [2.75, 3.05) is 0 Å². The highest BCUT2D eigenvalue weighted by Gasteiger charge is 2.16.